The molecule has 1 aliphatic carbocycles. The molecular formula is C12H19INNaO8. The topological polar surface area (TPSA) is 159 Å². The van der Waals surface area contributed by atoms with Crippen molar-refractivity contribution in [3.05, 3.63) is 0 Å². The molecule has 2 fully saturated rings. The number of amides is 1. The molecule has 0 spiro atoms. The van der Waals surface area contributed by atoms with Crippen molar-refractivity contribution in [3.63, 3.8) is 0 Å². The third-order valence-corrected chi connectivity index (χ3v) is 3.28. The predicted octanol–water partition coefficient (Wildman–Crippen LogP) is -8.89. The molecule has 1 amide bonds. The van der Waals surface area contributed by atoms with Gasteiger partial charge in [0.05, 0.1) is 0 Å². The van der Waals surface area contributed by atoms with Crippen LogP contribution in [-0.2, 0) is 9.53 Å². The summed E-state index contributed by atoms with van der Waals surface area (Å²) in [6, 6.07) is -0.631. The number of carbonyl (C=O) groups excluding carboxylic acids is 1. The third-order valence-electron chi connectivity index (χ3n) is 3.28. The van der Waals surface area contributed by atoms with Crippen molar-refractivity contribution in [2.24, 2.45) is 5.92 Å². The second-order valence-corrected chi connectivity index (χ2v) is 8.42. The Morgan fingerprint density at radius 2 is 1.65 bits per heavy atom. The third kappa shape index (κ3) is 8.82. The summed E-state index contributed by atoms with van der Waals surface area (Å²) in [4.78, 5) is 24.6. The normalized spacial score (nSPS) is 26.0. The van der Waals surface area contributed by atoms with Gasteiger partial charge in [0.1, 0.15) is 31.7 Å². The molecule has 1 heterocycles. The number of rotatable bonds is 1. The van der Waals surface area contributed by atoms with E-state index in [1.165, 1.54) is 4.90 Å². The Morgan fingerprint density at radius 3 is 2.04 bits per heavy atom. The van der Waals surface area contributed by atoms with E-state index in [0.717, 1.165) is 12.8 Å². The number of fused-ring (bicyclic) bond motifs is 1. The summed E-state index contributed by atoms with van der Waals surface area (Å²) in [6.07, 6.45) is 1.87. The van der Waals surface area contributed by atoms with Crippen LogP contribution in [0.2, 0.25) is 0 Å². The van der Waals surface area contributed by atoms with Crippen molar-refractivity contribution in [3.8, 4) is 0 Å². The number of carboxylic acid groups (broad SMARTS) is 1. The average Bonchev–Trinajstić information content (AvgIpc) is 3.00. The molecule has 1 aliphatic heterocycles. The van der Waals surface area contributed by atoms with E-state index in [9.17, 15) is 9.59 Å². The quantitative estimate of drug-likeness (QED) is 0.302. The van der Waals surface area contributed by atoms with Gasteiger partial charge in [-0.1, -0.05) is 0 Å². The number of nitrogens with zero attached hydrogens (tertiary/aromatic N) is 1. The fourth-order valence-electron chi connectivity index (χ4n) is 2.44. The largest absolute Gasteiger partial charge is 1.00 e. The van der Waals surface area contributed by atoms with Crippen LogP contribution in [0.3, 0.4) is 0 Å². The first-order valence-corrected chi connectivity index (χ1v) is 10.2. The van der Waals surface area contributed by atoms with Crippen LogP contribution in [0.5, 0.6) is 0 Å². The minimum atomic E-state index is -5.94. The van der Waals surface area contributed by atoms with Crippen molar-refractivity contribution >= 4 is 12.1 Å². The van der Waals surface area contributed by atoms with Gasteiger partial charge in [-0.2, -0.15) is 0 Å². The molecule has 2 aliphatic rings. The van der Waals surface area contributed by atoms with Gasteiger partial charge in [-0.3, -0.25) is 18.6 Å². The fourth-order valence-corrected chi connectivity index (χ4v) is 2.44. The van der Waals surface area contributed by atoms with Crippen LogP contribution in [0.25, 0.3) is 0 Å². The fraction of sp³-hybridized carbons (Fsp3) is 0.833. The number of hydrogen-bond donors (Lipinski definition) is 1. The van der Waals surface area contributed by atoms with E-state index >= 15 is 0 Å². The van der Waals surface area contributed by atoms with Crippen molar-refractivity contribution in [1.82, 2.24) is 4.90 Å². The monoisotopic (exact) mass is 455 g/mol. The molecule has 0 bridgehead atoms. The van der Waals surface area contributed by atoms with Crippen molar-refractivity contribution < 1.29 is 82.8 Å². The Labute approximate surface area is 162 Å². The molecule has 3 atom stereocenters. The van der Waals surface area contributed by atoms with Gasteiger partial charge in [0.15, 0.2) is 0 Å². The minimum absolute atomic E-state index is 0. The molecule has 0 radical (unpaired) electrons. The first-order chi connectivity index (χ1) is 9.79. The van der Waals surface area contributed by atoms with Crippen molar-refractivity contribution in [1.29, 1.82) is 0 Å². The van der Waals surface area contributed by atoms with E-state index in [1.54, 1.807) is 20.8 Å². The zero-order valence-corrected chi connectivity index (χ0v) is 17.6. The molecule has 0 aromatic rings. The molecule has 2 rings (SSSR count). The van der Waals surface area contributed by atoms with E-state index in [1.807, 2.05) is 0 Å². The number of aliphatic carboxylic acids is 1. The van der Waals surface area contributed by atoms with Crippen LogP contribution in [0, 0.1) is 5.92 Å². The van der Waals surface area contributed by atoms with Crippen molar-refractivity contribution in [2.45, 2.75) is 57.7 Å². The van der Waals surface area contributed by atoms with Crippen LogP contribution in [0.1, 0.15) is 40.0 Å². The molecular weight excluding hydrogens is 436 g/mol. The summed E-state index contributed by atoms with van der Waals surface area (Å²) in [7, 11) is 0. The Morgan fingerprint density at radius 1 is 1.17 bits per heavy atom. The van der Waals surface area contributed by atoms with E-state index in [2.05, 4.69) is 0 Å². The smallest absolute Gasteiger partial charge is 0.480 e. The van der Waals surface area contributed by atoms with Gasteiger partial charge in [0.25, 0.3) is 0 Å². The van der Waals surface area contributed by atoms with Crippen LogP contribution < -0.4 is 63.4 Å². The number of carboxylic acids is 1. The molecule has 1 N–H and O–H groups in total. The van der Waals surface area contributed by atoms with E-state index in [-0.39, 0.29) is 35.6 Å². The average molecular weight is 455 g/mol. The van der Waals surface area contributed by atoms with Crippen LogP contribution in [0.15, 0.2) is 0 Å². The van der Waals surface area contributed by atoms with Gasteiger partial charge in [0, 0.05) is 6.04 Å². The maximum Gasteiger partial charge on any atom is 1.00 e. The molecule has 0 aromatic heterocycles. The van der Waals surface area contributed by atoms with E-state index in [0.29, 0.717) is 12.3 Å². The maximum atomic E-state index is 12.0. The van der Waals surface area contributed by atoms with Gasteiger partial charge in [-0.05, 0) is 46.0 Å². The second kappa shape index (κ2) is 8.61. The van der Waals surface area contributed by atoms with Crippen LogP contribution in [0.4, 0.5) is 4.79 Å². The predicted molar refractivity (Wildman–Crippen MR) is 60.6 cm³/mol. The summed E-state index contributed by atoms with van der Waals surface area (Å²) < 4.78 is 39.7. The molecule has 1 saturated carbocycles. The summed E-state index contributed by atoms with van der Waals surface area (Å²) in [5, 5.41) is 9.14. The van der Waals surface area contributed by atoms with Gasteiger partial charge in [-0.25, -0.2) is 9.59 Å². The Kier molecular flexibility index (Phi) is 8.72. The maximum absolute atomic E-state index is 12.0. The SMILES string of the molecule is CC(C)(C)OC(=O)N1[C@@H]2C[C@@H]2CC[C@H]1C(=O)O.[Na+].[O-][I+3]([O-])([O-])[O-]. The van der Waals surface area contributed by atoms with Crippen LogP contribution in [-0.4, -0.2) is 39.8 Å². The van der Waals surface area contributed by atoms with Gasteiger partial charge in [-0.15, -0.1) is 0 Å². The number of piperidine rings is 1. The Bertz CT molecular complexity index is 430. The zero-order valence-electron chi connectivity index (χ0n) is 13.5. The van der Waals surface area contributed by atoms with Crippen LogP contribution >= 0.6 is 0 Å². The minimum Gasteiger partial charge on any atom is -0.480 e. The number of ether oxygens (including phenoxy) is 1. The standard InChI is InChI=1S/C12H19NO4.IO4.Na/c1-12(2,3)17-11(16)13-8(10(14)15)5-4-7-6-9(7)13;2-1(3,4)5;/h7-9H,4-6H2,1-3H3,(H,14,15);;/q;-1;+1/t7-,8-,9+;;/m0../s1. The molecule has 11 heteroatoms. The number of likely N-dealkylation sites (tertiary alicyclic amines) is 1. The molecule has 0 unspecified atom stereocenters. The Hall–Kier alpha value is 0.310. The number of halogens is 1. The first kappa shape index (κ1) is 23.3. The number of carbonyl (C=O) groups is 2. The summed E-state index contributed by atoms with van der Waals surface area (Å²) >= 11 is -5.94. The summed E-state index contributed by atoms with van der Waals surface area (Å²) in [5.74, 6) is -0.445. The van der Waals surface area contributed by atoms with E-state index < -0.39 is 43.8 Å². The second-order valence-electron chi connectivity index (χ2n) is 6.26. The molecule has 1 saturated heterocycles. The van der Waals surface area contributed by atoms with Gasteiger partial charge >= 0.3 is 41.6 Å². The van der Waals surface area contributed by atoms with E-state index in [4.69, 9.17) is 23.6 Å². The molecule has 0 aromatic carbocycles. The Balaban J connectivity index is 0.000000709. The number of hydrogen-bond acceptors (Lipinski definition) is 7. The summed E-state index contributed by atoms with van der Waals surface area (Å²) in [6.45, 7) is 5.36. The molecule has 9 nitrogen and oxygen atoms in total. The molecule has 128 valence electrons. The molecule has 23 heavy (non-hydrogen) atoms. The first-order valence-electron chi connectivity index (χ1n) is 6.65. The summed E-state index contributed by atoms with van der Waals surface area (Å²) in [5.41, 5.74) is -0.581. The zero-order chi connectivity index (χ0) is 17.3. The van der Waals surface area contributed by atoms with Gasteiger partial charge < -0.3 is 9.84 Å². The van der Waals surface area contributed by atoms with Crippen molar-refractivity contribution in [2.75, 3.05) is 0 Å². The van der Waals surface area contributed by atoms with Gasteiger partial charge in [0.2, 0.25) is 0 Å².